The van der Waals surface area contributed by atoms with Crippen molar-refractivity contribution in [2.75, 3.05) is 0 Å². The minimum absolute atomic E-state index is 0.0970. The number of hydrogen-bond acceptors (Lipinski definition) is 3. The van der Waals surface area contributed by atoms with Gasteiger partial charge in [-0.1, -0.05) is 0 Å². The van der Waals surface area contributed by atoms with E-state index in [2.05, 4.69) is 0 Å². The fraction of sp³-hybridized carbons (Fsp3) is 0.182. The van der Waals surface area contributed by atoms with Crippen molar-refractivity contribution >= 4 is 16.9 Å². The summed E-state index contributed by atoms with van der Waals surface area (Å²) >= 11 is 0. The molecule has 0 unspecified atom stereocenters. The summed E-state index contributed by atoms with van der Waals surface area (Å²) in [5.74, 6) is -1.87. The Bertz CT molecular complexity index is 760. The Morgan fingerprint density at radius 3 is 2.67 bits per heavy atom. The van der Waals surface area contributed by atoms with Crippen LogP contribution in [0.25, 0.3) is 10.9 Å². The van der Waals surface area contributed by atoms with Crippen LogP contribution < -0.4 is 11.2 Å². The molecule has 0 aliphatic carbocycles. The highest BCUT2D eigenvalue weighted by molar-refractivity contribution is 5.78. The summed E-state index contributed by atoms with van der Waals surface area (Å²) in [5, 5.41) is 8.75. The molecule has 18 heavy (non-hydrogen) atoms. The summed E-state index contributed by atoms with van der Waals surface area (Å²) in [4.78, 5) is 34.3. The molecule has 1 heterocycles. The first kappa shape index (κ1) is 12.0. The Hall–Kier alpha value is -2.44. The molecule has 0 atom stereocenters. The van der Waals surface area contributed by atoms with E-state index in [9.17, 15) is 18.8 Å². The monoisotopic (exact) mass is 252 g/mol. The van der Waals surface area contributed by atoms with Crippen LogP contribution in [0.4, 0.5) is 4.39 Å². The predicted octanol–water partition coefficient (Wildman–Crippen LogP) is -0.0761. The SMILES string of the molecule is Cn1c(=O)n(CC(=O)O)c(=O)c2ccc(F)cc21. The lowest BCUT2D eigenvalue weighted by atomic mass is 10.2. The Morgan fingerprint density at radius 1 is 1.39 bits per heavy atom. The van der Waals surface area contributed by atoms with Crippen LogP contribution in [-0.2, 0) is 18.4 Å². The third-order valence-electron chi connectivity index (χ3n) is 2.61. The molecule has 0 bridgehead atoms. The molecule has 0 aliphatic rings. The molecule has 1 N–H and O–H groups in total. The average molecular weight is 252 g/mol. The molecule has 2 rings (SSSR count). The molecule has 2 aromatic rings. The summed E-state index contributed by atoms with van der Waals surface area (Å²) in [6, 6.07) is 3.37. The van der Waals surface area contributed by atoms with E-state index in [0.29, 0.717) is 4.57 Å². The number of carbonyl (C=O) groups is 1. The van der Waals surface area contributed by atoms with Gasteiger partial charge in [-0.25, -0.2) is 13.8 Å². The van der Waals surface area contributed by atoms with Crippen molar-refractivity contribution < 1.29 is 14.3 Å². The number of nitrogens with zero attached hydrogens (tertiary/aromatic N) is 2. The second kappa shape index (κ2) is 4.10. The van der Waals surface area contributed by atoms with Gasteiger partial charge in [-0.05, 0) is 18.2 Å². The Morgan fingerprint density at radius 2 is 2.06 bits per heavy atom. The molecule has 0 radical (unpaired) electrons. The van der Waals surface area contributed by atoms with Gasteiger partial charge in [-0.2, -0.15) is 0 Å². The van der Waals surface area contributed by atoms with Gasteiger partial charge in [0.15, 0.2) is 0 Å². The summed E-state index contributed by atoms with van der Waals surface area (Å²) in [5.41, 5.74) is -1.40. The number of aliphatic carboxylic acids is 1. The van der Waals surface area contributed by atoms with E-state index >= 15 is 0 Å². The summed E-state index contributed by atoms with van der Waals surface area (Å²) in [6.45, 7) is -0.723. The lowest BCUT2D eigenvalue weighted by Crippen LogP contribution is -2.40. The first-order valence-corrected chi connectivity index (χ1v) is 5.02. The molecular weight excluding hydrogens is 243 g/mol. The zero-order valence-corrected chi connectivity index (χ0v) is 9.38. The lowest BCUT2D eigenvalue weighted by Gasteiger charge is -2.08. The maximum absolute atomic E-state index is 13.1. The predicted molar refractivity (Wildman–Crippen MR) is 61.0 cm³/mol. The fourth-order valence-electron chi connectivity index (χ4n) is 1.75. The van der Waals surface area contributed by atoms with Gasteiger partial charge in [0.05, 0.1) is 10.9 Å². The van der Waals surface area contributed by atoms with Crippen molar-refractivity contribution in [3.8, 4) is 0 Å². The van der Waals surface area contributed by atoms with Gasteiger partial charge in [0.1, 0.15) is 12.4 Å². The Balaban J connectivity index is 2.92. The second-order valence-electron chi connectivity index (χ2n) is 3.79. The maximum Gasteiger partial charge on any atom is 0.331 e. The molecule has 7 heteroatoms. The van der Waals surface area contributed by atoms with Crippen LogP contribution in [0.5, 0.6) is 0 Å². The van der Waals surface area contributed by atoms with Gasteiger partial charge in [0.25, 0.3) is 5.56 Å². The minimum atomic E-state index is -1.30. The van der Waals surface area contributed by atoms with Crippen molar-refractivity contribution in [1.29, 1.82) is 0 Å². The van der Waals surface area contributed by atoms with Crippen LogP contribution in [0.15, 0.2) is 27.8 Å². The van der Waals surface area contributed by atoms with Gasteiger partial charge in [-0.15, -0.1) is 0 Å². The van der Waals surface area contributed by atoms with E-state index in [1.807, 2.05) is 0 Å². The second-order valence-corrected chi connectivity index (χ2v) is 3.79. The molecule has 0 fully saturated rings. The highest BCUT2D eigenvalue weighted by Crippen LogP contribution is 2.09. The zero-order chi connectivity index (χ0) is 13.4. The van der Waals surface area contributed by atoms with Gasteiger partial charge in [-0.3, -0.25) is 14.2 Å². The number of halogens is 1. The topological polar surface area (TPSA) is 81.3 Å². The average Bonchev–Trinajstić information content (AvgIpc) is 2.31. The van der Waals surface area contributed by atoms with Gasteiger partial charge >= 0.3 is 11.7 Å². The first-order chi connectivity index (χ1) is 8.41. The first-order valence-electron chi connectivity index (χ1n) is 5.02. The van der Waals surface area contributed by atoms with E-state index < -0.39 is 29.6 Å². The van der Waals surface area contributed by atoms with Crippen molar-refractivity contribution in [2.24, 2.45) is 7.05 Å². The summed E-state index contributed by atoms with van der Waals surface area (Å²) in [7, 11) is 1.35. The van der Waals surface area contributed by atoms with Crippen LogP contribution in [-0.4, -0.2) is 20.2 Å². The molecule has 0 amide bonds. The third-order valence-corrected chi connectivity index (χ3v) is 2.61. The van der Waals surface area contributed by atoms with E-state index in [-0.39, 0.29) is 10.9 Å². The van der Waals surface area contributed by atoms with Crippen LogP contribution >= 0.6 is 0 Å². The van der Waals surface area contributed by atoms with Crippen molar-refractivity contribution in [1.82, 2.24) is 9.13 Å². The summed E-state index contributed by atoms with van der Waals surface area (Å²) < 4.78 is 14.7. The molecule has 0 saturated carbocycles. The van der Waals surface area contributed by atoms with Crippen LogP contribution in [0.2, 0.25) is 0 Å². The highest BCUT2D eigenvalue weighted by Gasteiger charge is 2.13. The van der Waals surface area contributed by atoms with Crippen molar-refractivity contribution in [3.05, 3.63) is 44.9 Å². The van der Waals surface area contributed by atoms with Crippen LogP contribution in [0.1, 0.15) is 0 Å². The Kier molecular flexibility index (Phi) is 2.74. The van der Waals surface area contributed by atoms with Crippen LogP contribution in [0.3, 0.4) is 0 Å². The lowest BCUT2D eigenvalue weighted by molar-refractivity contribution is -0.137. The molecule has 1 aromatic heterocycles. The van der Waals surface area contributed by atoms with E-state index in [1.165, 1.54) is 13.1 Å². The number of fused-ring (bicyclic) bond motifs is 1. The number of aryl methyl sites for hydroxylation is 1. The van der Waals surface area contributed by atoms with E-state index in [1.54, 1.807) is 0 Å². The number of rotatable bonds is 2. The molecule has 6 nitrogen and oxygen atoms in total. The van der Waals surface area contributed by atoms with Crippen molar-refractivity contribution in [3.63, 3.8) is 0 Å². The molecule has 0 spiro atoms. The minimum Gasteiger partial charge on any atom is -0.480 e. The number of carboxylic acids is 1. The highest BCUT2D eigenvalue weighted by atomic mass is 19.1. The number of carboxylic acid groups (broad SMARTS) is 1. The number of hydrogen-bond donors (Lipinski definition) is 1. The maximum atomic E-state index is 13.1. The molecule has 0 aliphatic heterocycles. The molecule has 1 aromatic carbocycles. The zero-order valence-electron chi connectivity index (χ0n) is 9.38. The smallest absolute Gasteiger partial charge is 0.331 e. The van der Waals surface area contributed by atoms with Crippen molar-refractivity contribution in [2.45, 2.75) is 6.54 Å². The molecular formula is C11H9FN2O4. The fourth-order valence-corrected chi connectivity index (χ4v) is 1.75. The van der Waals surface area contributed by atoms with Gasteiger partial charge < -0.3 is 5.11 Å². The third kappa shape index (κ3) is 1.79. The summed E-state index contributed by atoms with van der Waals surface area (Å²) in [6.07, 6.45) is 0. The molecule has 0 saturated heterocycles. The van der Waals surface area contributed by atoms with Gasteiger partial charge in [0.2, 0.25) is 0 Å². The van der Waals surface area contributed by atoms with E-state index in [0.717, 1.165) is 16.7 Å². The van der Waals surface area contributed by atoms with Gasteiger partial charge in [0, 0.05) is 7.05 Å². The number of benzene rings is 1. The largest absolute Gasteiger partial charge is 0.480 e. The van der Waals surface area contributed by atoms with E-state index in [4.69, 9.17) is 5.11 Å². The quantitative estimate of drug-likeness (QED) is 0.810. The van der Waals surface area contributed by atoms with Crippen LogP contribution in [0, 0.1) is 5.82 Å². The standard InChI is InChI=1S/C11H9FN2O4/c1-13-8-4-6(12)2-3-7(8)10(17)14(11(13)18)5-9(15)16/h2-4H,5H2,1H3,(H,15,16). The molecule has 94 valence electrons. The number of aromatic nitrogens is 2. The normalized spacial score (nSPS) is 10.8. The Labute approximate surface area is 99.5 Å².